The smallest absolute Gasteiger partial charge is 0.264 e. The van der Waals surface area contributed by atoms with Crippen LogP contribution in [0.1, 0.15) is 24.1 Å². The van der Waals surface area contributed by atoms with Gasteiger partial charge in [-0.15, -0.1) is 0 Å². The van der Waals surface area contributed by atoms with E-state index in [-0.39, 0.29) is 11.5 Å². The van der Waals surface area contributed by atoms with Gasteiger partial charge in [0.2, 0.25) is 0 Å². The van der Waals surface area contributed by atoms with Gasteiger partial charge in [0, 0.05) is 17.5 Å². The third-order valence-corrected chi connectivity index (χ3v) is 4.16. The number of halogens is 1. The standard InChI is InChI=1S/C18H17ClN4O/c1-11(15-7-8-16(24)23-22-15)9-13-10-14(19)18(20)21-17(13)12-5-3-2-4-6-12/h2-8,10-11H,9H2,1H3,(H2,20,21)(H,23,24). The van der Waals surface area contributed by atoms with Gasteiger partial charge in [-0.1, -0.05) is 48.9 Å². The monoisotopic (exact) mass is 340 g/mol. The summed E-state index contributed by atoms with van der Waals surface area (Å²) < 4.78 is 0. The molecule has 1 aromatic carbocycles. The van der Waals surface area contributed by atoms with Crippen LogP contribution in [0, 0.1) is 0 Å². The molecule has 0 saturated heterocycles. The largest absolute Gasteiger partial charge is 0.382 e. The minimum Gasteiger partial charge on any atom is -0.382 e. The van der Waals surface area contributed by atoms with Crippen molar-refractivity contribution in [1.82, 2.24) is 15.2 Å². The van der Waals surface area contributed by atoms with Crippen LogP contribution in [-0.4, -0.2) is 15.2 Å². The van der Waals surface area contributed by atoms with Gasteiger partial charge in [0.25, 0.3) is 5.56 Å². The normalized spacial score (nSPS) is 12.1. The predicted octanol–water partition coefficient (Wildman–Crippen LogP) is 3.41. The Kier molecular flexibility index (Phi) is 4.62. The number of aromatic amines is 1. The average molecular weight is 341 g/mol. The lowest BCUT2D eigenvalue weighted by Crippen LogP contribution is -2.11. The summed E-state index contributed by atoms with van der Waals surface area (Å²) in [6.07, 6.45) is 0.677. The van der Waals surface area contributed by atoms with Gasteiger partial charge in [0.1, 0.15) is 5.82 Å². The molecular weight excluding hydrogens is 324 g/mol. The van der Waals surface area contributed by atoms with Gasteiger partial charge in [-0.3, -0.25) is 4.79 Å². The summed E-state index contributed by atoms with van der Waals surface area (Å²) in [5.74, 6) is 0.403. The topological polar surface area (TPSA) is 84.7 Å². The molecule has 0 radical (unpaired) electrons. The van der Waals surface area contributed by atoms with Gasteiger partial charge < -0.3 is 5.73 Å². The molecule has 24 heavy (non-hydrogen) atoms. The first kappa shape index (κ1) is 16.2. The molecule has 2 heterocycles. The summed E-state index contributed by atoms with van der Waals surface area (Å²) >= 11 is 6.17. The Bertz CT molecular complexity index is 888. The summed E-state index contributed by atoms with van der Waals surface area (Å²) in [5, 5.41) is 7.00. The van der Waals surface area contributed by atoms with Crippen molar-refractivity contribution in [3.8, 4) is 11.3 Å². The lowest BCUT2D eigenvalue weighted by molar-refractivity contribution is 0.706. The Balaban J connectivity index is 1.99. The molecule has 0 aliphatic rings. The Morgan fingerprint density at radius 3 is 2.62 bits per heavy atom. The first-order valence-corrected chi connectivity index (χ1v) is 7.98. The van der Waals surface area contributed by atoms with Gasteiger partial charge in [0.15, 0.2) is 0 Å². The van der Waals surface area contributed by atoms with Crippen molar-refractivity contribution in [2.24, 2.45) is 0 Å². The highest BCUT2D eigenvalue weighted by molar-refractivity contribution is 6.32. The maximum atomic E-state index is 11.2. The molecule has 0 amide bonds. The van der Waals surface area contributed by atoms with E-state index in [9.17, 15) is 4.79 Å². The van der Waals surface area contributed by atoms with Crippen molar-refractivity contribution in [2.45, 2.75) is 19.3 Å². The molecule has 3 rings (SSSR count). The molecule has 6 heteroatoms. The van der Waals surface area contributed by atoms with Crippen molar-refractivity contribution in [1.29, 1.82) is 0 Å². The van der Waals surface area contributed by atoms with Gasteiger partial charge in [-0.2, -0.15) is 5.10 Å². The Labute approximate surface area is 144 Å². The molecule has 0 fully saturated rings. The number of benzene rings is 1. The number of aromatic nitrogens is 3. The third kappa shape index (κ3) is 3.46. The summed E-state index contributed by atoms with van der Waals surface area (Å²) in [4.78, 5) is 15.6. The van der Waals surface area contributed by atoms with Crippen LogP contribution in [0.2, 0.25) is 5.02 Å². The number of nitrogens with one attached hydrogen (secondary N) is 1. The van der Waals surface area contributed by atoms with E-state index in [1.54, 1.807) is 6.07 Å². The molecular formula is C18H17ClN4O. The molecule has 122 valence electrons. The molecule has 0 aliphatic heterocycles. The molecule has 2 aromatic heterocycles. The van der Waals surface area contributed by atoms with Crippen LogP contribution < -0.4 is 11.3 Å². The van der Waals surface area contributed by atoms with Gasteiger partial charge in [-0.25, -0.2) is 10.1 Å². The van der Waals surface area contributed by atoms with Crippen LogP contribution in [0.15, 0.2) is 53.3 Å². The number of nitrogens with two attached hydrogens (primary N) is 1. The van der Waals surface area contributed by atoms with E-state index in [1.807, 2.05) is 43.3 Å². The number of H-pyrrole nitrogens is 1. The quantitative estimate of drug-likeness (QED) is 0.762. The van der Waals surface area contributed by atoms with E-state index >= 15 is 0 Å². The fourth-order valence-corrected chi connectivity index (χ4v) is 2.78. The fraction of sp³-hybridized carbons (Fsp3) is 0.167. The van der Waals surface area contributed by atoms with Gasteiger partial charge in [0.05, 0.1) is 16.4 Å². The van der Waals surface area contributed by atoms with Gasteiger partial charge >= 0.3 is 0 Å². The molecule has 3 aromatic rings. The van der Waals surface area contributed by atoms with Crippen LogP contribution in [0.4, 0.5) is 5.82 Å². The second-order valence-corrected chi connectivity index (χ2v) is 6.09. The Morgan fingerprint density at radius 1 is 1.21 bits per heavy atom. The number of anilines is 1. The number of hydrogen-bond donors (Lipinski definition) is 2. The lowest BCUT2D eigenvalue weighted by atomic mass is 9.94. The zero-order chi connectivity index (χ0) is 17.1. The average Bonchev–Trinajstić information content (AvgIpc) is 2.59. The summed E-state index contributed by atoms with van der Waals surface area (Å²) in [6, 6.07) is 14.9. The van der Waals surface area contributed by atoms with Crippen molar-refractivity contribution >= 4 is 17.4 Å². The minimum atomic E-state index is -0.215. The first-order chi connectivity index (χ1) is 11.5. The SMILES string of the molecule is CC(Cc1cc(Cl)c(N)nc1-c1ccccc1)c1ccc(=O)[nH]n1. The zero-order valence-electron chi connectivity index (χ0n) is 13.2. The van der Waals surface area contributed by atoms with E-state index in [4.69, 9.17) is 17.3 Å². The highest BCUT2D eigenvalue weighted by Crippen LogP contribution is 2.31. The molecule has 1 atom stereocenters. The van der Waals surface area contributed by atoms with Crippen molar-refractivity contribution in [3.63, 3.8) is 0 Å². The zero-order valence-corrected chi connectivity index (χ0v) is 13.9. The highest BCUT2D eigenvalue weighted by Gasteiger charge is 2.15. The number of pyridine rings is 1. The van der Waals surface area contributed by atoms with E-state index in [1.165, 1.54) is 6.07 Å². The van der Waals surface area contributed by atoms with E-state index in [0.717, 1.165) is 22.5 Å². The van der Waals surface area contributed by atoms with E-state index in [2.05, 4.69) is 15.2 Å². The number of nitrogen functional groups attached to an aromatic ring is 1. The van der Waals surface area contributed by atoms with Crippen LogP contribution in [0.3, 0.4) is 0 Å². The molecule has 0 saturated carbocycles. The summed E-state index contributed by atoms with van der Waals surface area (Å²) in [6.45, 7) is 2.04. The number of nitrogens with zero attached hydrogens (tertiary/aromatic N) is 2. The molecule has 0 aliphatic carbocycles. The van der Waals surface area contributed by atoms with Crippen molar-refractivity contribution in [2.75, 3.05) is 5.73 Å². The first-order valence-electron chi connectivity index (χ1n) is 7.60. The van der Waals surface area contributed by atoms with E-state index in [0.29, 0.717) is 17.3 Å². The van der Waals surface area contributed by atoms with Crippen molar-refractivity contribution in [3.05, 3.63) is 75.2 Å². The lowest BCUT2D eigenvalue weighted by Gasteiger charge is -2.15. The van der Waals surface area contributed by atoms with Crippen LogP contribution in [0.25, 0.3) is 11.3 Å². The van der Waals surface area contributed by atoms with Crippen LogP contribution in [0.5, 0.6) is 0 Å². The molecule has 5 nitrogen and oxygen atoms in total. The Morgan fingerprint density at radius 2 is 1.96 bits per heavy atom. The van der Waals surface area contributed by atoms with Crippen LogP contribution in [-0.2, 0) is 6.42 Å². The molecule has 0 spiro atoms. The summed E-state index contributed by atoms with van der Waals surface area (Å²) in [5.41, 5.74) is 9.27. The summed E-state index contributed by atoms with van der Waals surface area (Å²) in [7, 11) is 0. The number of hydrogen-bond acceptors (Lipinski definition) is 4. The maximum Gasteiger partial charge on any atom is 0.264 e. The molecule has 1 unspecified atom stereocenters. The fourth-order valence-electron chi connectivity index (χ4n) is 2.61. The minimum absolute atomic E-state index is 0.0887. The second kappa shape index (κ2) is 6.84. The predicted molar refractivity (Wildman–Crippen MR) is 96.1 cm³/mol. The second-order valence-electron chi connectivity index (χ2n) is 5.68. The Hall–Kier alpha value is -2.66. The molecule has 0 bridgehead atoms. The number of rotatable bonds is 4. The molecule has 3 N–H and O–H groups in total. The van der Waals surface area contributed by atoms with Gasteiger partial charge in [-0.05, 0) is 24.1 Å². The highest BCUT2D eigenvalue weighted by atomic mass is 35.5. The maximum absolute atomic E-state index is 11.2. The third-order valence-electron chi connectivity index (χ3n) is 3.86. The van der Waals surface area contributed by atoms with Crippen molar-refractivity contribution < 1.29 is 0 Å². The van der Waals surface area contributed by atoms with E-state index < -0.39 is 0 Å². The van der Waals surface area contributed by atoms with Crippen LogP contribution >= 0.6 is 11.6 Å².